The second kappa shape index (κ2) is 4.45. The first kappa shape index (κ1) is 10.3. The van der Waals surface area contributed by atoms with E-state index in [0.717, 1.165) is 0 Å². The maximum absolute atomic E-state index is 11.4. The van der Waals surface area contributed by atoms with Gasteiger partial charge in [-0.05, 0) is 19.1 Å². The van der Waals surface area contributed by atoms with E-state index >= 15 is 0 Å². The fraction of sp³-hybridized carbons (Fsp3) is 0.333. The van der Waals surface area contributed by atoms with E-state index in [2.05, 4.69) is 10.3 Å². The zero-order valence-electron chi connectivity index (χ0n) is 7.91. The van der Waals surface area contributed by atoms with Crippen molar-refractivity contribution in [3.05, 3.63) is 24.0 Å². The van der Waals surface area contributed by atoms with Gasteiger partial charge in [-0.25, -0.2) is 0 Å². The van der Waals surface area contributed by atoms with Crippen LogP contribution in [0.2, 0.25) is 0 Å². The lowest BCUT2D eigenvalue weighted by molar-refractivity contribution is -0.118. The first-order valence-electron chi connectivity index (χ1n) is 4.32. The molecule has 0 fully saturated rings. The monoisotopic (exact) mass is 195 g/mol. The van der Waals surface area contributed by atoms with Gasteiger partial charge in [0.1, 0.15) is 5.69 Å². The van der Waals surface area contributed by atoms with Crippen molar-refractivity contribution in [1.82, 2.24) is 10.3 Å². The Kier molecular flexibility index (Phi) is 3.28. The molecule has 0 aliphatic carbocycles. The van der Waals surface area contributed by atoms with Crippen LogP contribution in [0, 0.1) is 0 Å². The molecule has 0 spiro atoms. The van der Waals surface area contributed by atoms with Crippen LogP contribution in [0.3, 0.4) is 0 Å². The minimum absolute atomic E-state index is 0.145. The van der Waals surface area contributed by atoms with Gasteiger partial charge in [0, 0.05) is 18.7 Å². The molecule has 5 nitrogen and oxygen atoms in total. The summed E-state index contributed by atoms with van der Waals surface area (Å²) in [5, 5.41) is 2.64. The Hall–Kier alpha value is -1.78. The van der Waals surface area contributed by atoms with Crippen molar-refractivity contribution in [3.8, 4) is 0 Å². The number of carbonyl (C=O) groups is 2. The second-order valence-electron chi connectivity index (χ2n) is 3.13. The van der Waals surface area contributed by atoms with Crippen LogP contribution >= 0.6 is 0 Å². The molecule has 1 heterocycles. The Morgan fingerprint density at radius 1 is 1.64 bits per heavy atom. The van der Waals surface area contributed by atoms with Crippen LogP contribution in [0.5, 0.6) is 0 Å². The van der Waals surface area contributed by atoms with Crippen LogP contribution in [0.1, 0.15) is 23.8 Å². The molecule has 0 saturated heterocycles. The van der Waals surface area contributed by atoms with Gasteiger partial charge in [-0.2, -0.15) is 0 Å². The number of aromatic amines is 1. The van der Waals surface area contributed by atoms with Crippen molar-refractivity contribution in [1.29, 1.82) is 0 Å². The quantitative estimate of drug-likeness (QED) is 0.631. The number of primary amides is 1. The SMILES string of the molecule is CC(CC(N)=O)NC(=O)c1ccc[nH]1. The van der Waals surface area contributed by atoms with Gasteiger partial charge < -0.3 is 16.0 Å². The van der Waals surface area contributed by atoms with E-state index in [0.29, 0.717) is 5.69 Å². The summed E-state index contributed by atoms with van der Waals surface area (Å²) in [5.41, 5.74) is 5.46. The molecule has 1 unspecified atom stereocenters. The maximum Gasteiger partial charge on any atom is 0.267 e. The minimum Gasteiger partial charge on any atom is -0.370 e. The molecule has 0 aliphatic rings. The number of rotatable bonds is 4. The van der Waals surface area contributed by atoms with Crippen LogP contribution in [0.25, 0.3) is 0 Å². The van der Waals surface area contributed by atoms with Crippen LogP contribution in [0.4, 0.5) is 0 Å². The summed E-state index contributed by atoms with van der Waals surface area (Å²) in [4.78, 5) is 24.7. The number of H-pyrrole nitrogens is 1. The van der Waals surface area contributed by atoms with E-state index < -0.39 is 5.91 Å². The predicted octanol–water partition coefficient (Wildman–Crippen LogP) is 0.00840. The summed E-state index contributed by atoms with van der Waals surface area (Å²) in [7, 11) is 0. The van der Waals surface area contributed by atoms with Gasteiger partial charge in [-0.1, -0.05) is 0 Å². The zero-order valence-corrected chi connectivity index (χ0v) is 7.91. The van der Waals surface area contributed by atoms with Gasteiger partial charge >= 0.3 is 0 Å². The highest BCUT2D eigenvalue weighted by atomic mass is 16.2. The Labute approximate surface area is 81.7 Å². The molecular weight excluding hydrogens is 182 g/mol. The van der Waals surface area contributed by atoms with Crippen molar-refractivity contribution >= 4 is 11.8 Å². The predicted molar refractivity (Wildman–Crippen MR) is 51.5 cm³/mol. The summed E-state index contributed by atoms with van der Waals surface area (Å²) >= 11 is 0. The lowest BCUT2D eigenvalue weighted by Gasteiger charge is -2.10. The molecule has 1 aromatic rings. The zero-order chi connectivity index (χ0) is 10.6. The smallest absolute Gasteiger partial charge is 0.267 e. The Balaban J connectivity index is 2.45. The molecule has 4 N–H and O–H groups in total. The molecule has 0 saturated carbocycles. The van der Waals surface area contributed by atoms with Crippen molar-refractivity contribution in [2.45, 2.75) is 19.4 Å². The largest absolute Gasteiger partial charge is 0.370 e. The number of nitrogens with two attached hydrogens (primary N) is 1. The lowest BCUT2D eigenvalue weighted by atomic mass is 10.2. The van der Waals surface area contributed by atoms with E-state index in [9.17, 15) is 9.59 Å². The minimum atomic E-state index is -0.427. The van der Waals surface area contributed by atoms with Gasteiger partial charge in [-0.15, -0.1) is 0 Å². The van der Waals surface area contributed by atoms with Gasteiger partial charge in [0.05, 0.1) is 0 Å². The molecule has 14 heavy (non-hydrogen) atoms. The number of amides is 2. The number of carbonyl (C=O) groups excluding carboxylic acids is 2. The van der Waals surface area contributed by atoms with Crippen molar-refractivity contribution in [2.75, 3.05) is 0 Å². The third-order valence-corrected chi connectivity index (χ3v) is 1.73. The average molecular weight is 195 g/mol. The van der Waals surface area contributed by atoms with Crippen molar-refractivity contribution in [3.63, 3.8) is 0 Å². The molecule has 0 bridgehead atoms. The number of aromatic nitrogens is 1. The molecular formula is C9H13N3O2. The summed E-state index contributed by atoms with van der Waals surface area (Å²) in [6, 6.07) is 3.14. The molecule has 0 aliphatic heterocycles. The summed E-state index contributed by atoms with van der Waals surface area (Å²) in [5.74, 6) is -0.659. The van der Waals surface area contributed by atoms with Gasteiger partial charge in [-0.3, -0.25) is 9.59 Å². The van der Waals surface area contributed by atoms with Gasteiger partial charge in [0.25, 0.3) is 5.91 Å². The first-order chi connectivity index (χ1) is 6.59. The number of hydrogen-bond donors (Lipinski definition) is 3. The van der Waals surface area contributed by atoms with E-state index in [-0.39, 0.29) is 18.4 Å². The molecule has 0 aromatic carbocycles. The fourth-order valence-electron chi connectivity index (χ4n) is 1.13. The van der Waals surface area contributed by atoms with Crippen molar-refractivity contribution < 1.29 is 9.59 Å². The third-order valence-electron chi connectivity index (χ3n) is 1.73. The normalized spacial score (nSPS) is 12.1. The number of nitrogens with one attached hydrogen (secondary N) is 2. The standard InChI is InChI=1S/C9H13N3O2/c1-6(5-8(10)13)12-9(14)7-3-2-4-11-7/h2-4,6,11H,5H2,1H3,(H2,10,13)(H,12,14). The Morgan fingerprint density at radius 2 is 2.36 bits per heavy atom. The Morgan fingerprint density at radius 3 is 2.86 bits per heavy atom. The topological polar surface area (TPSA) is 88.0 Å². The first-order valence-corrected chi connectivity index (χ1v) is 4.32. The maximum atomic E-state index is 11.4. The highest BCUT2D eigenvalue weighted by molar-refractivity contribution is 5.92. The average Bonchev–Trinajstić information content (AvgIpc) is 2.53. The van der Waals surface area contributed by atoms with Crippen LogP contribution in [0.15, 0.2) is 18.3 Å². The van der Waals surface area contributed by atoms with E-state index in [1.54, 1.807) is 25.3 Å². The molecule has 2 amide bonds. The summed E-state index contributed by atoms with van der Waals surface area (Å²) < 4.78 is 0. The van der Waals surface area contributed by atoms with Crippen LogP contribution < -0.4 is 11.1 Å². The molecule has 76 valence electrons. The van der Waals surface area contributed by atoms with E-state index in [4.69, 9.17) is 5.73 Å². The van der Waals surface area contributed by atoms with E-state index in [1.807, 2.05) is 0 Å². The fourth-order valence-corrected chi connectivity index (χ4v) is 1.13. The second-order valence-corrected chi connectivity index (χ2v) is 3.13. The summed E-state index contributed by atoms with van der Waals surface area (Å²) in [6.07, 6.45) is 1.81. The molecule has 1 atom stereocenters. The van der Waals surface area contributed by atoms with Gasteiger partial charge in [0.2, 0.25) is 5.91 Å². The van der Waals surface area contributed by atoms with Crippen molar-refractivity contribution in [2.24, 2.45) is 5.73 Å². The molecule has 1 rings (SSSR count). The van der Waals surface area contributed by atoms with Gasteiger partial charge in [0.15, 0.2) is 0 Å². The molecule has 0 radical (unpaired) electrons. The Bertz CT molecular complexity index is 319. The molecule has 5 heteroatoms. The lowest BCUT2D eigenvalue weighted by Crippen LogP contribution is -2.35. The van der Waals surface area contributed by atoms with Crippen LogP contribution in [-0.2, 0) is 4.79 Å². The number of hydrogen-bond acceptors (Lipinski definition) is 2. The molecule has 1 aromatic heterocycles. The van der Waals surface area contributed by atoms with E-state index in [1.165, 1.54) is 0 Å². The highest BCUT2D eigenvalue weighted by Crippen LogP contribution is 1.96. The van der Waals surface area contributed by atoms with Crippen LogP contribution in [-0.4, -0.2) is 22.8 Å². The third kappa shape index (κ3) is 2.93. The summed E-state index contributed by atoms with van der Waals surface area (Å²) in [6.45, 7) is 1.73. The highest BCUT2D eigenvalue weighted by Gasteiger charge is 2.11.